The van der Waals surface area contributed by atoms with Gasteiger partial charge in [0.05, 0.1) is 21.2 Å². The van der Waals surface area contributed by atoms with Crippen LogP contribution in [0.4, 0.5) is 5.69 Å². The van der Waals surface area contributed by atoms with Crippen LogP contribution in [-0.4, -0.2) is 18.6 Å². The van der Waals surface area contributed by atoms with E-state index in [0.717, 1.165) is 26.7 Å². The molecule has 0 saturated carbocycles. The quantitative estimate of drug-likeness (QED) is 0.700. The summed E-state index contributed by atoms with van der Waals surface area (Å²) in [6.45, 7) is 5.79. The Bertz CT molecular complexity index is 974. The lowest BCUT2D eigenvalue weighted by molar-refractivity contribution is 0.601. The van der Waals surface area contributed by atoms with Crippen molar-refractivity contribution in [2.45, 2.75) is 35.5 Å². The number of sulfonamides is 1. The van der Waals surface area contributed by atoms with Gasteiger partial charge in [0, 0.05) is 10.6 Å². The molecule has 0 radical (unpaired) electrons. The van der Waals surface area contributed by atoms with Crippen LogP contribution >= 0.6 is 11.8 Å². The maximum Gasteiger partial charge on any atom is 0.261 e. The Kier molecular flexibility index (Phi) is 4.87. The molecule has 0 bridgehead atoms. The van der Waals surface area contributed by atoms with E-state index in [1.807, 2.05) is 39.0 Å². The number of aromatic nitrogens is 2. The number of hydrogen-bond acceptors (Lipinski definition) is 4. The third kappa shape index (κ3) is 3.88. The minimum absolute atomic E-state index is 0.244. The Hall–Kier alpha value is -2.25. The predicted octanol–water partition coefficient (Wildman–Crippen LogP) is 4.29. The molecule has 5 nitrogen and oxygen atoms in total. The van der Waals surface area contributed by atoms with E-state index < -0.39 is 10.0 Å². The molecule has 0 amide bonds. The van der Waals surface area contributed by atoms with E-state index in [1.54, 1.807) is 30.3 Å². The molecule has 0 aliphatic carbocycles. The number of para-hydroxylation sites is 1. The van der Waals surface area contributed by atoms with Crippen molar-refractivity contribution < 1.29 is 8.42 Å². The number of anilines is 1. The highest BCUT2D eigenvalue weighted by Gasteiger charge is 2.17. The molecular formula is C18H19N3O2S2. The average molecular weight is 374 g/mol. The van der Waals surface area contributed by atoms with Crippen LogP contribution in [0.15, 0.2) is 63.2 Å². The molecule has 0 spiro atoms. The highest BCUT2D eigenvalue weighted by molar-refractivity contribution is 7.99. The Labute approximate surface area is 151 Å². The summed E-state index contributed by atoms with van der Waals surface area (Å²) < 4.78 is 28.0. The van der Waals surface area contributed by atoms with Crippen molar-refractivity contribution in [3.8, 4) is 0 Å². The van der Waals surface area contributed by atoms with Gasteiger partial charge in [0.1, 0.15) is 0 Å². The van der Waals surface area contributed by atoms with E-state index in [2.05, 4.69) is 14.9 Å². The smallest absolute Gasteiger partial charge is 0.261 e. The third-order valence-electron chi connectivity index (χ3n) is 3.74. The zero-order chi connectivity index (χ0) is 18.0. The maximum absolute atomic E-state index is 12.7. The largest absolute Gasteiger partial charge is 0.281 e. The number of nitrogens with one attached hydrogen (secondary N) is 2. The molecule has 0 atom stereocenters. The highest BCUT2D eigenvalue weighted by Crippen LogP contribution is 2.36. The van der Waals surface area contributed by atoms with E-state index in [1.165, 1.54) is 11.8 Å². The first kappa shape index (κ1) is 17.6. The molecule has 25 heavy (non-hydrogen) atoms. The van der Waals surface area contributed by atoms with Crippen LogP contribution in [0.2, 0.25) is 0 Å². The van der Waals surface area contributed by atoms with Gasteiger partial charge in [-0.25, -0.2) is 8.42 Å². The molecule has 0 unspecified atom stereocenters. The standard InChI is InChI=1S/C18H19N3O2S2/c1-12-8-10-15(11-9-12)25(22,23)21-16-6-4-5-7-17(16)24-18-13(2)19-20-14(18)3/h4-11,21H,1-3H3,(H,19,20). The Morgan fingerprint density at radius 1 is 1.00 bits per heavy atom. The lowest BCUT2D eigenvalue weighted by Crippen LogP contribution is -2.13. The Morgan fingerprint density at radius 3 is 2.32 bits per heavy atom. The topological polar surface area (TPSA) is 74.8 Å². The minimum atomic E-state index is -3.64. The summed E-state index contributed by atoms with van der Waals surface area (Å²) >= 11 is 1.49. The first-order valence-electron chi connectivity index (χ1n) is 7.75. The zero-order valence-electron chi connectivity index (χ0n) is 14.2. The molecule has 0 aliphatic heterocycles. The second-order valence-corrected chi connectivity index (χ2v) is 8.51. The second-order valence-electron chi connectivity index (χ2n) is 5.78. The summed E-state index contributed by atoms with van der Waals surface area (Å²) in [5.41, 5.74) is 3.41. The lowest BCUT2D eigenvalue weighted by atomic mass is 10.2. The van der Waals surface area contributed by atoms with Crippen molar-refractivity contribution in [1.29, 1.82) is 0 Å². The normalized spacial score (nSPS) is 11.5. The fraction of sp³-hybridized carbons (Fsp3) is 0.167. The summed E-state index contributed by atoms with van der Waals surface area (Å²) in [7, 11) is -3.64. The van der Waals surface area contributed by atoms with Gasteiger partial charge in [0.2, 0.25) is 0 Å². The van der Waals surface area contributed by atoms with Gasteiger partial charge in [0.15, 0.2) is 0 Å². The van der Waals surface area contributed by atoms with Crippen molar-refractivity contribution in [2.75, 3.05) is 4.72 Å². The lowest BCUT2D eigenvalue weighted by Gasteiger charge is -2.12. The van der Waals surface area contributed by atoms with Crippen LogP contribution in [0.5, 0.6) is 0 Å². The predicted molar refractivity (Wildman–Crippen MR) is 101 cm³/mol. The van der Waals surface area contributed by atoms with Crippen LogP contribution in [0.3, 0.4) is 0 Å². The molecule has 2 N–H and O–H groups in total. The van der Waals surface area contributed by atoms with Gasteiger partial charge in [-0.2, -0.15) is 5.10 Å². The molecule has 3 aromatic rings. The van der Waals surface area contributed by atoms with Crippen LogP contribution in [-0.2, 0) is 10.0 Å². The molecule has 3 rings (SSSR count). The fourth-order valence-electron chi connectivity index (χ4n) is 2.36. The van der Waals surface area contributed by atoms with Gasteiger partial charge < -0.3 is 0 Å². The summed E-state index contributed by atoms with van der Waals surface area (Å²) in [6, 6.07) is 14.1. The molecule has 0 fully saturated rings. The number of aryl methyl sites for hydroxylation is 3. The number of H-pyrrole nitrogens is 1. The SMILES string of the molecule is Cc1ccc(S(=O)(=O)Nc2ccccc2Sc2c(C)n[nH]c2C)cc1. The zero-order valence-corrected chi connectivity index (χ0v) is 15.8. The monoisotopic (exact) mass is 373 g/mol. The van der Waals surface area contributed by atoms with Crippen molar-refractivity contribution in [2.24, 2.45) is 0 Å². The van der Waals surface area contributed by atoms with Crippen LogP contribution < -0.4 is 4.72 Å². The van der Waals surface area contributed by atoms with Crippen molar-refractivity contribution in [1.82, 2.24) is 10.2 Å². The molecule has 7 heteroatoms. The van der Waals surface area contributed by atoms with Gasteiger partial charge in [-0.15, -0.1) is 0 Å². The van der Waals surface area contributed by atoms with Gasteiger partial charge in [0.25, 0.3) is 10.0 Å². The van der Waals surface area contributed by atoms with Gasteiger partial charge in [-0.05, 0) is 45.0 Å². The highest BCUT2D eigenvalue weighted by atomic mass is 32.2. The first-order valence-corrected chi connectivity index (χ1v) is 10.0. The molecular weight excluding hydrogens is 354 g/mol. The Balaban J connectivity index is 1.92. The average Bonchev–Trinajstić information content (AvgIpc) is 2.89. The number of rotatable bonds is 5. The van der Waals surface area contributed by atoms with Crippen LogP contribution in [0, 0.1) is 20.8 Å². The van der Waals surface area contributed by atoms with E-state index in [4.69, 9.17) is 0 Å². The molecule has 1 aromatic heterocycles. The summed E-state index contributed by atoms with van der Waals surface area (Å²) in [6.07, 6.45) is 0. The maximum atomic E-state index is 12.7. The molecule has 2 aromatic carbocycles. The Morgan fingerprint density at radius 2 is 1.68 bits per heavy atom. The van der Waals surface area contributed by atoms with E-state index >= 15 is 0 Å². The molecule has 0 aliphatic rings. The van der Waals surface area contributed by atoms with Crippen LogP contribution in [0.1, 0.15) is 17.0 Å². The minimum Gasteiger partial charge on any atom is -0.281 e. The van der Waals surface area contributed by atoms with Crippen LogP contribution in [0.25, 0.3) is 0 Å². The third-order valence-corrected chi connectivity index (χ3v) is 6.50. The molecule has 1 heterocycles. The number of hydrogen-bond donors (Lipinski definition) is 2. The molecule has 130 valence electrons. The molecule has 0 saturated heterocycles. The number of nitrogens with zero attached hydrogens (tertiary/aromatic N) is 1. The van der Waals surface area contributed by atoms with Gasteiger partial charge in [-0.3, -0.25) is 9.82 Å². The van der Waals surface area contributed by atoms with Crippen molar-refractivity contribution in [3.63, 3.8) is 0 Å². The van der Waals surface area contributed by atoms with Gasteiger partial charge >= 0.3 is 0 Å². The van der Waals surface area contributed by atoms with Crippen molar-refractivity contribution in [3.05, 3.63) is 65.5 Å². The summed E-state index contributed by atoms with van der Waals surface area (Å²) in [4.78, 5) is 2.07. The van der Waals surface area contributed by atoms with Gasteiger partial charge in [-0.1, -0.05) is 41.6 Å². The fourth-order valence-corrected chi connectivity index (χ4v) is 4.49. The van der Waals surface area contributed by atoms with Crippen molar-refractivity contribution >= 4 is 27.5 Å². The van der Waals surface area contributed by atoms with E-state index in [0.29, 0.717) is 5.69 Å². The summed E-state index contributed by atoms with van der Waals surface area (Å²) in [5.74, 6) is 0. The number of benzene rings is 2. The van der Waals surface area contributed by atoms with E-state index in [-0.39, 0.29) is 4.90 Å². The van der Waals surface area contributed by atoms with E-state index in [9.17, 15) is 8.42 Å². The second kappa shape index (κ2) is 6.93. The summed E-state index contributed by atoms with van der Waals surface area (Å²) in [5, 5.41) is 7.13. The first-order chi connectivity index (χ1) is 11.9. The number of aromatic amines is 1.